The van der Waals surface area contributed by atoms with E-state index < -0.39 is 0 Å². The summed E-state index contributed by atoms with van der Waals surface area (Å²) in [6, 6.07) is 15.2. The van der Waals surface area contributed by atoms with Crippen molar-refractivity contribution in [2.45, 2.75) is 51.7 Å². The largest absolute Gasteiger partial charge is 0.341 e. The fourth-order valence-electron chi connectivity index (χ4n) is 4.53. The maximum atomic E-state index is 4.86. The predicted octanol–water partition coefficient (Wildman–Crippen LogP) is 5.66. The minimum atomic E-state index is 0.331. The molecule has 1 atom stereocenters. The first-order valence-corrected chi connectivity index (χ1v) is 11.4. The number of benzene rings is 1. The van der Waals surface area contributed by atoms with Crippen molar-refractivity contribution < 1.29 is 0 Å². The molecule has 0 saturated carbocycles. The summed E-state index contributed by atoms with van der Waals surface area (Å²) in [5, 5.41) is 2.22. The first kappa shape index (κ1) is 18.5. The summed E-state index contributed by atoms with van der Waals surface area (Å²) in [7, 11) is 0. The van der Waals surface area contributed by atoms with E-state index in [9.17, 15) is 0 Å². The number of fused-ring (bicyclic) bond motifs is 2. The van der Waals surface area contributed by atoms with Crippen molar-refractivity contribution in [2.75, 3.05) is 0 Å². The van der Waals surface area contributed by atoms with Crippen LogP contribution in [0.1, 0.15) is 53.3 Å². The zero-order chi connectivity index (χ0) is 19.6. The molecule has 1 aliphatic carbocycles. The van der Waals surface area contributed by atoms with E-state index in [1.165, 1.54) is 28.1 Å². The van der Waals surface area contributed by atoms with Crippen LogP contribution in [-0.4, -0.2) is 19.9 Å². The molecule has 0 fully saturated rings. The molecule has 4 nitrogen and oxygen atoms in total. The van der Waals surface area contributed by atoms with Crippen molar-refractivity contribution in [1.82, 2.24) is 19.9 Å². The van der Waals surface area contributed by atoms with E-state index in [-0.39, 0.29) is 0 Å². The second-order valence-corrected chi connectivity index (χ2v) is 8.78. The number of nitrogens with one attached hydrogen (secondary N) is 1. The van der Waals surface area contributed by atoms with Gasteiger partial charge in [0.05, 0.1) is 29.3 Å². The van der Waals surface area contributed by atoms with Crippen molar-refractivity contribution in [2.24, 2.45) is 0 Å². The smallest absolute Gasteiger partial charge is 0.121 e. The van der Waals surface area contributed by atoms with Crippen LogP contribution < -0.4 is 0 Å². The fourth-order valence-corrected chi connectivity index (χ4v) is 5.37. The Morgan fingerprint density at radius 3 is 2.97 bits per heavy atom. The van der Waals surface area contributed by atoms with Crippen LogP contribution in [0.4, 0.5) is 0 Å². The molecule has 0 amide bonds. The zero-order valence-corrected chi connectivity index (χ0v) is 17.6. The number of hydrogen-bond donors (Lipinski definition) is 1. The molecule has 5 rings (SSSR count). The number of pyridine rings is 1. The molecular weight excluding hydrogens is 376 g/mol. The van der Waals surface area contributed by atoms with Gasteiger partial charge in [0, 0.05) is 17.6 Å². The lowest BCUT2D eigenvalue weighted by Crippen LogP contribution is -2.32. The van der Waals surface area contributed by atoms with Crippen molar-refractivity contribution in [3.8, 4) is 0 Å². The minimum Gasteiger partial charge on any atom is -0.341 e. The van der Waals surface area contributed by atoms with Gasteiger partial charge in [-0.2, -0.15) is 0 Å². The second kappa shape index (κ2) is 8.09. The molecule has 29 heavy (non-hydrogen) atoms. The van der Waals surface area contributed by atoms with Gasteiger partial charge in [-0.1, -0.05) is 25.1 Å². The van der Waals surface area contributed by atoms with E-state index in [2.05, 4.69) is 58.6 Å². The Kier molecular flexibility index (Phi) is 5.17. The topological polar surface area (TPSA) is 44.8 Å². The molecule has 3 aromatic heterocycles. The molecule has 1 aromatic carbocycles. The number of imidazole rings is 1. The summed E-state index contributed by atoms with van der Waals surface area (Å²) in [6.45, 7) is 3.98. The molecule has 5 heteroatoms. The van der Waals surface area contributed by atoms with Gasteiger partial charge < -0.3 is 4.98 Å². The summed E-state index contributed by atoms with van der Waals surface area (Å²) >= 11 is 1.87. The Hall–Kier alpha value is -2.50. The van der Waals surface area contributed by atoms with Crippen LogP contribution in [0.2, 0.25) is 0 Å². The van der Waals surface area contributed by atoms with Crippen LogP contribution in [-0.2, 0) is 25.9 Å². The quantitative estimate of drug-likeness (QED) is 0.452. The number of aromatic nitrogens is 3. The molecule has 1 unspecified atom stereocenters. The van der Waals surface area contributed by atoms with E-state index in [1.54, 1.807) is 0 Å². The molecule has 3 heterocycles. The van der Waals surface area contributed by atoms with Gasteiger partial charge in [0.15, 0.2) is 0 Å². The second-order valence-electron chi connectivity index (χ2n) is 7.78. The van der Waals surface area contributed by atoms with E-state index >= 15 is 0 Å². The normalized spacial score (nSPS) is 16.4. The van der Waals surface area contributed by atoms with E-state index in [0.717, 1.165) is 49.2 Å². The third-order valence-electron chi connectivity index (χ3n) is 5.93. The highest BCUT2D eigenvalue weighted by Gasteiger charge is 2.28. The van der Waals surface area contributed by atoms with Gasteiger partial charge in [-0.15, -0.1) is 11.3 Å². The van der Waals surface area contributed by atoms with Gasteiger partial charge in [-0.3, -0.25) is 9.88 Å². The Labute approximate surface area is 175 Å². The first-order valence-electron chi connectivity index (χ1n) is 10.5. The van der Waals surface area contributed by atoms with Gasteiger partial charge in [-0.25, -0.2) is 4.98 Å². The lowest BCUT2D eigenvalue weighted by Gasteiger charge is -2.34. The molecule has 4 aromatic rings. The van der Waals surface area contributed by atoms with Crippen molar-refractivity contribution in [3.05, 3.63) is 81.6 Å². The zero-order valence-electron chi connectivity index (χ0n) is 16.8. The number of aryl methyl sites for hydroxylation is 2. The predicted molar refractivity (Wildman–Crippen MR) is 119 cm³/mol. The third-order valence-corrected chi connectivity index (χ3v) is 7.04. The van der Waals surface area contributed by atoms with Crippen LogP contribution in [0, 0.1) is 0 Å². The fraction of sp³-hybridized carbons (Fsp3) is 0.333. The third kappa shape index (κ3) is 3.72. The highest BCUT2D eigenvalue weighted by atomic mass is 32.1. The molecule has 0 spiro atoms. The van der Waals surface area contributed by atoms with Crippen molar-refractivity contribution in [3.63, 3.8) is 0 Å². The lowest BCUT2D eigenvalue weighted by atomic mass is 9.90. The summed E-state index contributed by atoms with van der Waals surface area (Å²) in [5.41, 5.74) is 6.24. The molecule has 0 bridgehead atoms. The van der Waals surface area contributed by atoms with Gasteiger partial charge in [0.2, 0.25) is 0 Å². The van der Waals surface area contributed by atoms with Gasteiger partial charge in [-0.05, 0) is 66.5 Å². The van der Waals surface area contributed by atoms with Crippen LogP contribution in [0.15, 0.2) is 54.0 Å². The summed E-state index contributed by atoms with van der Waals surface area (Å²) in [4.78, 5) is 17.3. The van der Waals surface area contributed by atoms with Crippen LogP contribution in [0.5, 0.6) is 0 Å². The molecular formula is C24H26N4S. The lowest BCUT2D eigenvalue weighted by molar-refractivity contribution is 0.153. The Balaban J connectivity index is 1.51. The minimum absolute atomic E-state index is 0.331. The van der Waals surface area contributed by atoms with Crippen molar-refractivity contribution in [1.29, 1.82) is 0 Å². The standard InChI is InChI=1S/C24H26N4S/c1-2-22-18(12-14-29-22)15-28(16-23-26-19-9-3-4-10-20(19)27-23)21-11-5-7-17-8-6-13-25-24(17)21/h3-4,6,8-10,12-14,21H,2,5,7,11,15-16H2,1H3,(H,26,27). The molecule has 0 radical (unpaired) electrons. The van der Waals surface area contributed by atoms with E-state index in [4.69, 9.17) is 9.97 Å². The van der Waals surface area contributed by atoms with Gasteiger partial charge in [0.25, 0.3) is 0 Å². The molecule has 1 N–H and O–H groups in total. The maximum Gasteiger partial charge on any atom is 0.121 e. The molecule has 1 aliphatic rings. The summed E-state index contributed by atoms with van der Waals surface area (Å²) in [6.07, 6.45) is 6.53. The average Bonchev–Trinajstić information content (AvgIpc) is 3.38. The Morgan fingerprint density at radius 2 is 2.07 bits per heavy atom. The number of hydrogen-bond acceptors (Lipinski definition) is 4. The van der Waals surface area contributed by atoms with E-state index in [1.807, 2.05) is 23.6 Å². The SMILES string of the molecule is CCc1sccc1CN(Cc1nc2ccccc2[nH]1)C1CCCc2cccnc21. The maximum absolute atomic E-state index is 4.86. The summed E-state index contributed by atoms with van der Waals surface area (Å²) < 4.78 is 0. The highest BCUT2D eigenvalue weighted by Crippen LogP contribution is 2.35. The number of aromatic amines is 1. The number of thiophene rings is 1. The summed E-state index contributed by atoms with van der Waals surface area (Å²) in [5.74, 6) is 1.03. The number of nitrogens with zero attached hydrogens (tertiary/aromatic N) is 3. The highest BCUT2D eigenvalue weighted by molar-refractivity contribution is 7.10. The monoisotopic (exact) mass is 402 g/mol. The molecule has 148 valence electrons. The molecule has 0 aliphatic heterocycles. The van der Waals surface area contributed by atoms with E-state index in [0.29, 0.717) is 6.04 Å². The first-order chi connectivity index (χ1) is 14.3. The van der Waals surface area contributed by atoms with Crippen LogP contribution in [0.3, 0.4) is 0 Å². The Bertz CT molecular complexity index is 1080. The van der Waals surface area contributed by atoms with Gasteiger partial charge >= 0.3 is 0 Å². The number of H-pyrrole nitrogens is 1. The number of rotatable bonds is 6. The number of para-hydroxylation sites is 2. The van der Waals surface area contributed by atoms with Crippen LogP contribution in [0.25, 0.3) is 11.0 Å². The van der Waals surface area contributed by atoms with Gasteiger partial charge in [0.1, 0.15) is 5.82 Å². The Morgan fingerprint density at radius 1 is 1.14 bits per heavy atom. The molecule has 0 saturated heterocycles. The van der Waals surface area contributed by atoms with Crippen LogP contribution >= 0.6 is 11.3 Å². The average molecular weight is 403 g/mol. The van der Waals surface area contributed by atoms with Crippen molar-refractivity contribution >= 4 is 22.4 Å².